The third-order valence-corrected chi connectivity index (χ3v) is 6.24. The summed E-state index contributed by atoms with van der Waals surface area (Å²) in [6.07, 6.45) is -0.576. The molecular formula is C18H31F3O. The molecule has 7 atom stereocenters. The second-order valence-electron chi connectivity index (χ2n) is 7.75. The predicted octanol–water partition coefficient (Wildman–Crippen LogP) is 5.13. The molecule has 2 rings (SSSR count). The summed E-state index contributed by atoms with van der Waals surface area (Å²) in [6.45, 7) is 5.68. The van der Waals surface area contributed by atoms with Crippen LogP contribution >= 0.6 is 0 Å². The topological polar surface area (TPSA) is 9.23 Å². The van der Waals surface area contributed by atoms with Crippen LogP contribution < -0.4 is 0 Å². The van der Waals surface area contributed by atoms with Gasteiger partial charge in [0.15, 0.2) is 0 Å². The molecule has 2 fully saturated rings. The van der Waals surface area contributed by atoms with Gasteiger partial charge in [-0.05, 0) is 49.9 Å². The Kier molecular flexibility index (Phi) is 6.21. The van der Waals surface area contributed by atoms with Gasteiger partial charge in [-0.15, -0.1) is 0 Å². The molecule has 0 aromatic heterocycles. The Labute approximate surface area is 133 Å². The molecular weight excluding hydrogens is 289 g/mol. The van der Waals surface area contributed by atoms with Crippen molar-refractivity contribution in [2.45, 2.75) is 77.5 Å². The zero-order valence-electron chi connectivity index (χ0n) is 14.3. The van der Waals surface area contributed by atoms with Gasteiger partial charge in [-0.1, -0.05) is 26.7 Å². The Bertz CT molecular complexity index is 343. The highest BCUT2D eigenvalue weighted by Crippen LogP contribution is 2.47. The largest absolute Gasteiger partial charge is 0.379 e. The van der Waals surface area contributed by atoms with Crippen molar-refractivity contribution in [1.82, 2.24) is 0 Å². The molecule has 0 aromatic carbocycles. The molecule has 4 heteroatoms. The van der Waals surface area contributed by atoms with Crippen molar-refractivity contribution in [3.63, 3.8) is 0 Å². The van der Waals surface area contributed by atoms with Crippen LogP contribution in [0.3, 0.4) is 0 Å². The van der Waals surface area contributed by atoms with Crippen LogP contribution in [0, 0.1) is 29.6 Å². The third-order valence-electron chi connectivity index (χ3n) is 6.24. The fourth-order valence-corrected chi connectivity index (χ4v) is 4.58. The van der Waals surface area contributed by atoms with Crippen LogP contribution in [0.25, 0.3) is 0 Å². The third kappa shape index (κ3) is 3.63. The Morgan fingerprint density at radius 1 is 1.00 bits per heavy atom. The summed E-state index contributed by atoms with van der Waals surface area (Å²) in [5, 5.41) is 0. The van der Waals surface area contributed by atoms with E-state index in [1.807, 2.05) is 6.92 Å². The smallest absolute Gasteiger partial charge is 0.137 e. The van der Waals surface area contributed by atoms with Crippen molar-refractivity contribution in [1.29, 1.82) is 0 Å². The van der Waals surface area contributed by atoms with E-state index in [4.69, 9.17) is 4.74 Å². The maximum absolute atomic E-state index is 14.7. The van der Waals surface area contributed by atoms with E-state index in [0.29, 0.717) is 12.3 Å². The monoisotopic (exact) mass is 320 g/mol. The number of ether oxygens (including phenoxy) is 1. The normalized spacial score (nSPS) is 46.2. The van der Waals surface area contributed by atoms with Crippen LogP contribution in [0.5, 0.6) is 0 Å². The van der Waals surface area contributed by atoms with E-state index in [0.717, 1.165) is 25.7 Å². The van der Waals surface area contributed by atoms with Crippen molar-refractivity contribution >= 4 is 0 Å². The van der Waals surface area contributed by atoms with Gasteiger partial charge in [0.1, 0.15) is 18.5 Å². The van der Waals surface area contributed by atoms with Gasteiger partial charge >= 0.3 is 0 Å². The first-order valence-corrected chi connectivity index (χ1v) is 8.81. The molecule has 7 unspecified atom stereocenters. The van der Waals surface area contributed by atoms with E-state index in [2.05, 4.69) is 6.92 Å². The fraction of sp³-hybridized carbons (Fsp3) is 1.00. The van der Waals surface area contributed by atoms with Crippen LogP contribution in [0.15, 0.2) is 0 Å². The summed E-state index contributed by atoms with van der Waals surface area (Å²) < 4.78 is 48.8. The number of halogens is 3. The van der Waals surface area contributed by atoms with Crippen molar-refractivity contribution in [2.75, 3.05) is 7.11 Å². The highest BCUT2D eigenvalue weighted by molar-refractivity contribution is 4.98. The van der Waals surface area contributed by atoms with Crippen LogP contribution in [0.2, 0.25) is 0 Å². The standard InChI is InChI=1S/C18H31F3O/c1-10-5-7-13(8-6-10)14-9-11(2)15(18(21)17(14)20)16(19)12(3)22-4/h10-18H,5-9H2,1-4H3. The number of alkyl halides is 3. The van der Waals surface area contributed by atoms with Gasteiger partial charge < -0.3 is 4.74 Å². The van der Waals surface area contributed by atoms with Crippen molar-refractivity contribution in [3.05, 3.63) is 0 Å². The molecule has 0 heterocycles. The summed E-state index contributed by atoms with van der Waals surface area (Å²) >= 11 is 0. The van der Waals surface area contributed by atoms with E-state index in [9.17, 15) is 13.2 Å². The minimum atomic E-state index is -1.71. The summed E-state index contributed by atoms with van der Waals surface area (Å²) in [4.78, 5) is 0. The molecule has 0 bridgehead atoms. The Morgan fingerprint density at radius 3 is 2.14 bits per heavy atom. The lowest BCUT2D eigenvalue weighted by Crippen LogP contribution is -2.51. The van der Waals surface area contributed by atoms with Crippen molar-refractivity contribution in [2.24, 2.45) is 29.6 Å². The van der Waals surface area contributed by atoms with Gasteiger partial charge in [0.25, 0.3) is 0 Å². The van der Waals surface area contributed by atoms with E-state index in [1.54, 1.807) is 6.92 Å². The number of hydrogen-bond acceptors (Lipinski definition) is 1. The maximum Gasteiger partial charge on any atom is 0.137 e. The highest BCUT2D eigenvalue weighted by Gasteiger charge is 2.50. The summed E-state index contributed by atoms with van der Waals surface area (Å²) in [6, 6.07) is 0. The molecule has 22 heavy (non-hydrogen) atoms. The zero-order valence-corrected chi connectivity index (χ0v) is 14.3. The molecule has 0 aliphatic heterocycles. The van der Waals surface area contributed by atoms with Crippen LogP contribution in [-0.2, 0) is 4.74 Å². The van der Waals surface area contributed by atoms with Gasteiger partial charge in [-0.2, -0.15) is 0 Å². The minimum Gasteiger partial charge on any atom is -0.379 e. The molecule has 0 N–H and O–H groups in total. The average Bonchev–Trinajstić information content (AvgIpc) is 2.51. The number of rotatable bonds is 4. The van der Waals surface area contributed by atoms with E-state index in [-0.39, 0.29) is 17.8 Å². The van der Waals surface area contributed by atoms with Crippen LogP contribution in [0.1, 0.15) is 52.9 Å². The molecule has 2 saturated carbocycles. The summed E-state index contributed by atoms with van der Waals surface area (Å²) in [5.41, 5.74) is 0. The maximum atomic E-state index is 14.7. The first-order chi connectivity index (χ1) is 10.4. The van der Waals surface area contributed by atoms with Gasteiger partial charge in [0, 0.05) is 13.0 Å². The van der Waals surface area contributed by atoms with Crippen molar-refractivity contribution in [3.8, 4) is 0 Å². The SMILES string of the molecule is COC(C)C(F)C1C(C)CC(C2CCC(C)CC2)C(F)C1F. The summed E-state index contributed by atoms with van der Waals surface area (Å²) in [5.74, 6) is -0.297. The van der Waals surface area contributed by atoms with Gasteiger partial charge in [0.05, 0.1) is 6.10 Å². The molecule has 0 spiro atoms. The van der Waals surface area contributed by atoms with Gasteiger partial charge in [-0.25, -0.2) is 13.2 Å². The molecule has 130 valence electrons. The molecule has 0 radical (unpaired) electrons. The second kappa shape index (κ2) is 7.55. The quantitative estimate of drug-likeness (QED) is 0.697. The highest BCUT2D eigenvalue weighted by atomic mass is 19.2. The number of hydrogen-bond donors (Lipinski definition) is 0. The van der Waals surface area contributed by atoms with Crippen molar-refractivity contribution < 1.29 is 17.9 Å². The Hall–Kier alpha value is -0.250. The molecule has 0 aromatic rings. The van der Waals surface area contributed by atoms with Gasteiger partial charge in [-0.3, -0.25) is 0 Å². The second-order valence-corrected chi connectivity index (χ2v) is 7.75. The Balaban J connectivity index is 2.05. The molecule has 1 nitrogen and oxygen atoms in total. The lowest BCUT2D eigenvalue weighted by Gasteiger charge is -2.45. The van der Waals surface area contributed by atoms with E-state index >= 15 is 0 Å². The summed E-state index contributed by atoms with van der Waals surface area (Å²) in [7, 11) is 1.41. The lowest BCUT2D eigenvalue weighted by atomic mass is 9.63. The molecule has 0 amide bonds. The lowest BCUT2D eigenvalue weighted by molar-refractivity contribution is -0.0905. The first kappa shape index (κ1) is 18.1. The first-order valence-electron chi connectivity index (χ1n) is 8.81. The van der Waals surface area contributed by atoms with E-state index in [1.165, 1.54) is 7.11 Å². The molecule has 2 aliphatic carbocycles. The minimum absolute atomic E-state index is 0.140. The van der Waals surface area contributed by atoms with Crippen LogP contribution in [-0.4, -0.2) is 31.7 Å². The molecule has 0 saturated heterocycles. The number of methoxy groups -OCH3 is 1. The average molecular weight is 320 g/mol. The van der Waals surface area contributed by atoms with E-state index < -0.39 is 30.5 Å². The zero-order chi connectivity index (χ0) is 16.4. The van der Waals surface area contributed by atoms with Crippen LogP contribution in [0.4, 0.5) is 13.2 Å². The fourth-order valence-electron chi connectivity index (χ4n) is 4.58. The molecule has 2 aliphatic rings. The van der Waals surface area contributed by atoms with Gasteiger partial charge in [0.2, 0.25) is 0 Å². The predicted molar refractivity (Wildman–Crippen MR) is 83.0 cm³/mol. The Morgan fingerprint density at radius 2 is 1.59 bits per heavy atom.